The van der Waals surface area contributed by atoms with Crippen LogP contribution < -0.4 is 11.1 Å². The Hall–Kier alpha value is -0.870. The van der Waals surface area contributed by atoms with Gasteiger partial charge in [-0.3, -0.25) is 5.10 Å². The molecule has 1 aliphatic heterocycles. The van der Waals surface area contributed by atoms with Crippen LogP contribution in [0.25, 0.3) is 0 Å². The van der Waals surface area contributed by atoms with E-state index in [1.54, 1.807) is 0 Å². The van der Waals surface area contributed by atoms with Gasteiger partial charge in [-0.25, -0.2) is 0 Å². The van der Waals surface area contributed by atoms with Crippen LogP contribution in [0.1, 0.15) is 50.0 Å². The zero-order valence-corrected chi connectivity index (χ0v) is 10.2. The second-order valence-corrected chi connectivity index (χ2v) is 5.17. The Morgan fingerprint density at radius 2 is 2.38 bits per heavy atom. The molecule has 1 aromatic heterocycles. The van der Waals surface area contributed by atoms with Gasteiger partial charge in [0.25, 0.3) is 0 Å². The lowest BCUT2D eigenvalue weighted by atomic mass is 10.00. The van der Waals surface area contributed by atoms with Crippen LogP contribution in [-0.4, -0.2) is 23.3 Å². The van der Waals surface area contributed by atoms with Crippen molar-refractivity contribution < 1.29 is 0 Å². The number of hydrogen-bond acceptors (Lipinski definition) is 3. The number of nitrogens with one attached hydrogen (secondary N) is 2. The van der Waals surface area contributed by atoms with Crippen molar-refractivity contribution in [2.75, 3.05) is 13.1 Å². The van der Waals surface area contributed by atoms with E-state index < -0.39 is 0 Å². The first kappa shape index (κ1) is 11.6. The first-order valence-electron chi connectivity index (χ1n) is 6.18. The Balaban J connectivity index is 2.00. The van der Waals surface area contributed by atoms with Gasteiger partial charge in [-0.15, -0.1) is 0 Å². The van der Waals surface area contributed by atoms with E-state index in [0.717, 1.165) is 25.2 Å². The van der Waals surface area contributed by atoms with Crippen molar-refractivity contribution in [2.24, 2.45) is 11.7 Å². The lowest BCUT2D eigenvalue weighted by Crippen LogP contribution is -2.13. The highest BCUT2D eigenvalue weighted by molar-refractivity contribution is 5.17. The molecule has 16 heavy (non-hydrogen) atoms. The summed E-state index contributed by atoms with van der Waals surface area (Å²) in [6.45, 7) is 6.54. The van der Waals surface area contributed by atoms with Gasteiger partial charge in [0.2, 0.25) is 0 Å². The van der Waals surface area contributed by atoms with Gasteiger partial charge < -0.3 is 11.1 Å². The van der Waals surface area contributed by atoms with Crippen molar-refractivity contribution in [3.05, 3.63) is 17.5 Å². The van der Waals surface area contributed by atoms with Crippen LogP contribution in [0.15, 0.2) is 6.07 Å². The van der Waals surface area contributed by atoms with Crippen molar-refractivity contribution >= 4 is 0 Å². The van der Waals surface area contributed by atoms with Crippen LogP contribution in [0.5, 0.6) is 0 Å². The highest BCUT2D eigenvalue weighted by Gasteiger charge is 2.20. The summed E-state index contributed by atoms with van der Waals surface area (Å²) in [5.41, 5.74) is 8.36. The van der Waals surface area contributed by atoms with E-state index >= 15 is 0 Å². The Kier molecular flexibility index (Phi) is 3.61. The van der Waals surface area contributed by atoms with Gasteiger partial charge in [0, 0.05) is 24.2 Å². The third-order valence-electron chi connectivity index (χ3n) is 3.22. The maximum atomic E-state index is 6.11. The van der Waals surface area contributed by atoms with Gasteiger partial charge in [0.15, 0.2) is 0 Å². The minimum atomic E-state index is 0.0689. The SMILES string of the molecule is CC(C)CC(N)c1cc(C2CCNC2)[nH]n1. The summed E-state index contributed by atoms with van der Waals surface area (Å²) in [7, 11) is 0. The van der Waals surface area contributed by atoms with Crippen LogP contribution in [0.2, 0.25) is 0 Å². The molecule has 1 aliphatic rings. The molecule has 2 rings (SSSR count). The van der Waals surface area contributed by atoms with E-state index in [1.165, 1.54) is 12.1 Å². The molecule has 4 N–H and O–H groups in total. The third-order valence-corrected chi connectivity index (χ3v) is 3.22. The summed E-state index contributed by atoms with van der Waals surface area (Å²) >= 11 is 0. The zero-order valence-electron chi connectivity index (χ0n) is 10.2. The molecule has 4 heteroatoms. The highest BCUT2D eigenvalue weighted by atomic mass is 15.1. The number of nitrogens with two attached hydrogens (primary N) is 1. The summed E-state index contributed by atoms with van der Waals surface area (Å²) in [6, 6.07) is 2.21. The van der Waals surface area contributed by atoms with Crippen molar-refractivity contribution in [3.63, 3.8) is 0 Å². The molecule has 0 saturated carbocycles. The molecule has 2 unspecified atom stereocenters. The Labute approximate surface area is 97.0 Å². The van der Waals surface area contributed by atoms with E-state index in [4.69, 9.17) is 5.73 Å². The van der Waals surface area contributed by atoms with Crippen LogP contribution in [0.4, 0.5) is 0 Å². The molecule has 2 atom stereocenters. The van der Waals surface area contributed by atoms with Crippen LogP contribution in [-0.2, 0) is 0 Å². The number of nitrogens with zero attached hydrogens (tertiary/aromatic N) is 1. The normalized spacial score (nSPS) is 22.9. The highest BCUT2D eigenvalue weighted by Crippen LogP contribution is 2.24. The molecule has 0 aliphatic carbocycles. The molecule has 1 aromatic rings. The smallest absolute Gasteiger partial charge is 0.0792 e. The maximum absolute atomic E-state index is 6.11. The summed E-state index contributed by atoms with van der Waals surface area (Å²) in [4.78, 5) is 0. The molecule has 0 amide bonds. The first-order valence-corrected chi connectivity index (χ1v) is 6.18. The van der Waals surface area contributed by atoms with Crippen LogP contribution in [0.3, 0.4) is 0 Å². The quantitative estimate of drug-likeness (QED) is 0.724. The second kappa shape index (κ2) is 4.97. The maximum Gasteiger partial charge on any atom is 0.0792 e. The fourth-order valence-electron chi connectivity index (χ4n) is 2.30. The van der Waals surface area contributed by atoms with Gasteiger partial charge in [0.05, 0.1) is 5.69 Å². The van der Waals surface area contributed by atoms with Crippen molar-refractivity contribution in [1.82, 2.24) is 15.5 Å². The number of H-pyrrole nitrogens is 1. The van der Waals surface area contributed by atoms with Gasteiger partial charge in [-0.1, -0.05) is 13.8 Å². The number of aromatic nitrogens is 2. The average Bonchev–Trinajstić information content (AvgIpc) is 2.87. The largest absolute Gasteiger partial charge is 0.323 e. The first-order chi connectivity index (χ1) is 7.66. The van der Waals surface area contributed by atoms with Crippen molar-refractivity contribution in [1.29, 1.82) is 0 Å². The van der Waals surface area contributed by atoms with E-state index in [1.807, 2.05) is 0 Å². The molecule has 90 valence electrons. The van der Waals surface area contributed by atoms with Crippen molar-refractivity contribution in [2.45, 2.75) is 38.6 Å². The molecular formula is C12H22N4. The lowest BCUT2D eigenvalue weighted by molar-refractivity contribution is 0.501. The Morgan fingerprint density at radius 3 is 3.00 bits per heavy atom. The van der Waals surface area contributed by atoms with E-state index in [2.05, 4.69) is 35.4 Å². The topological polar surface area (TPSA) is 66.7 Å². The molecule has 0 radical (unpaired) electrons. The summed E-state index contributed by atoms with van der Waals surface area (Å²) in [5.74, 6) is 1.20. The average molecular weight is 222 g/mol. The number of aromatic amines is 1. The molecule has 2 heterocycles. The van der Waals surface area contributed by atoms with Crippen LogP contribution in [0, 0.1) is 5.92 Å². The molecular weight excluding hydrogens is 200 g/mol. The third kappa shape index (κ3) is 2.62. The van der Waals surface area contributed by atoms with Gasteiger partial charge in [-0.2, -0.15) is 5.10 Å². The Bertz CT molecular complexity index is 326. The molecule has 4 nitrogen and oxygen atoms in total. The fraction of sp³-hybridized carbons (Fsp3) is 0.750. The summed E-state index contributed by atoms with van der Waals surface area (Å²) in [5, 5.41) is 10.8. The molecule has 0 aromatic carbocycles. The Morgan fingerprint density at radius 1 is 1.56 bits per heavy atom. The minimum Gasteiger partial charge on any atom is -0.323 e. The predicted octanol–water partition coefficient (Wildman–Crippen LogP) is 1.53. The summed E-state index contributed by atoms with van der Waals surface area (Å²) in [6.07, 6.45) is 2.19. The molecule has 1 saturated heterocycles. The zero-order chi connectivity index (χ0) is 11.5. The monoisotopic (exact) mass is 222 g/mol. The number of rotatable bonds is 4. The van der Waals surface area contributed by atoms with E-state index in [0.29, 0.717) is 11.8 Å². The van der Waals surface area contributed by atoms with E-state index in [-0.39, 0.29) is 6.04 Å². The van der Waals surface area contributed by atoms with E-state index in [9.17, 15) is 0 Å². The van der Waals surface area contributed by atoms with Crippen molar-refractivity contribution in [3.8, 4) is 0 Å². The fourth-order valence-corrected chi connectivity index (χ4v) is 2.30. The van der Waals surface area contributed by atoms with Crippen LogP contribution >= 0.6 is 0 Å². The molecule has 0 spiro atoms. The van der Waals surface area contributed by atoms with Gasteiger partial charge >= 0.3 is 0 Å². The summed E-state index contributed by atoms with van der Waals surface area (Å²) < 4.78 is 0. The number of hydrogen-bond donors (Lipinski definition) is 3. The second-order valence-electron chi connectivity index (χ2n) is 5.17. The minimum absolute atomic E-state index is 0.0689. The lowest BCUT2D eigenvalue weighted by Gasteiger charge is -2.10. The standard InChI is InChI=1S/C12H22N4/c1-8(2)5-10(13)12-6-11(15-16-12)9-3-4-14-7-9/h6,8-10,14H,3-5,7,13H2,1-2H3,(H,15,16). The molecule has 0 bridgehead atoms. The predicted molar refractivity (Wildman–Crippen MR) is 65.2 cm³/mol. The van der Waals surface area contributed by atoms with Gasteiger partial charge in [-0.05, 0) is 31.4 Å². The van der Waals surface area contributed by atoms with Gasteiger partial charge in [0.1, 0.15) is 0 Å². The molecule has 1 fully saturated rings.